The topological polar surface area (TPSA) is 81.7 Å². The summed E-state index contributed by atoms with van der Waals surface area (Å²) in [7, 11) is 0. The lowest BCUT2D eigenvalue weighted by molar-refractivity contribution is -0.135. The van der Waals surface area contributed by atoms with Crippen molar-refractivity contribution in [3.63, 3.8) is 0 Å². The molecule has 0 aliphatic carbocycles. The molecule has 1 aromatic rings. The second-order valence-electron chi connectivity index (χ2n) is 10.2. The lowest BCUT2D eigenvalue weighted by Gasteiger charge is -2.33. The molecule has 0 aliphatic rings. The number of para-hydroxylation sites is 1. The largest absolute Gasteiger partial charge is 0.346 e. The van der Waals surface area contributed by atoms with E-state index in [1.165, 1.54) is 44.9 Å². The molecule has 0 bridgehead atoms. The van der Waals surface area contributed by atoms with Crippen molar-refractivity contribution in [1.29, 1.82) is 0 Å². The number of carbonyl (C=O) groups is 2. The number of thiocarbonyl (C=S) groups is 1. The third-order valence-electron chi connectivity index (χ3n) is 7.26. The number of carbonyl (C=O) groups excluding carboxylic acids is 2. The predicted octanol–water partition coefficient (Wildman–Crippen LogP) is 7.19. The number of benzene rings is 1. The van der Waals surface area contributed by atoms with Crippen LogP contribution < -0.4 is 15.7 Å². The number of unbranched alkanes of at least 4 members (excludes halogenated alkanes) is 9. The second kappa shape index (κ2) is 20.0. The number of hydrogen-bond donors (Lipinski definition) is 3. The Kier molecular flexibility index (Phi) is 17.9. The highest BCUT2D eigenvalue weighted by molar-refractivity contribution is 7.80. The summed E-state index contributed by atoms with van der Waals surface area (Å²) >= 11 is 5.91. The maximum Gasteiger partial charge on any atom is 0.244 e. The van der Waals surface area contributed by atoms with Gasteiger partial charge >= 0.3 is 0 Å². The van der Waals surface area contributed by atoms with Gasteiger partial charge in [-0.25, -0.2) is 5.48 Å². The minimum Gasteiger partial charge on any atom is -0.346 e. The van der Waals surface area contributed by atoms with Crippen molar-refractivity contribution in [3.8, 4) is 0 Å². The molecule has 0 aliphatic heterocycles. The molecule has 37 heavy (non-hydrogen) atoms. The molecule has 1 aromatic carbocycles. The van der Waals surface area contributed by atoms with Gasteiger partial charge in [-0.05, 0) is 31.4 Å². The van der Waals surface area contributed by atoms with Crippen molar-refractivity contribution in [2.24, 2.45) is 11.8 Å². The van der Waals surface area contributed by atoms with E-state index in [0.717, 1.165) is 31.4 Å². The van der Waals surface area contributed by atoms with Crippen LogP contribution in [0.15, 0.2) is 30.3 Å². The first-order valence-electron chi connectivity index (χ1n) is 14.5. The molecule has 0 radical (unpaired) electrons. The van der Waals surface area contributed by atoms with Crippen LogP contribution in [0.25, 0.3) is 0 Å². The van der Waals surface area contributed by atoms with Gasteiger partial charge in [0.1, 0.15) is 4.99 Å². The van der Waals surface area contributed by atoms with Crippen molar-refractivity contribution in [2.45, 2.75) is 117 Å². The molecular weight excluding hydrogens is 482 g/mol. The Morgan fingerprint density at radius 1 is 0.919 bits per heavy atom. The summed E-state index contributed by atoms with van der Waals surface area (Å²) in [5.74, 6) is -1.06. The lowest BCUT2D eigenvalue weighted by Crippen LogP contribution is -2.52. The number of hydrogen-bond acceptors (Lipinski definition) is 4. The van der Waals surface area contributed by atoms with Gasteiger partial charge < -0.3 is 10.2 Å². The first kappa shape index (κ1) is 33.0. The fourth-order valence-electron chi connectivity index (χ4n) is 4.67. The molecule has 0 fully saturated rings. The Morgan fingerprint density at radius 2 is 1.49 bits per heavy atom. The van der Waals surface area contributed by atoms with E-state index in [0.29, 0.717) is 18.0 Å². The van der Waals surface area contributed by atoms with E-state index in [1.54, 1.807) is 5.48 Å². The van der Waals surface area contributed by atoms with Gasteiger partial charge in [0.05, 0.1) is 6.04 Å². The first-order chi connectivity index (χ1) is 17.9. The minimum absolute atomic E-state index is 0.0318. The number of rotatable bonds is 20. The molecule has 2 amide bonds. The average Bonchev–Trinajstić information content (AvgIpc) is 2.92. The van der Waals surface area contributed by atoms with Crippen molar-refractivity contribution in [3.05, 3.63) is 30.3 Å². The zero-order valence-corrected chi connectivity index (χ0v) is 24.5. The summed E-state index contributed by atoms with van der Waals surface area (Å²) in [5.41, 5.74) is 2.69. The monoisotopic (exact) mass is 533 g/mol. The Bertz CT molecular complexity index is 775. The van der Waals surface area contributed by atoms with Crippen LogP contribution in [-0.4, -0.2) is 34.6 Å². The van der Waals surface area contributed by atoms with Crippen LogP contribution >= 0.6 is 12.2 Å². The van der Waals surface area contributed by atoms with E-state index in [1.807, 2.05) is 37.3 Å². The molecule has 7 heteroatoms. The number of amides is 2. The molecule has 6 nitrogen and oxygen atoms in total. The molecule has 3 atom stereocenters. The van der Waals surface area contributed by atoms with Crippen LogP contribution in [0, 0.1) is 11.8 Å². The molecule has 0 spiro atoms. The van der Waals surface area contributed by atoms with Gasteiger partial charge in [0.2, 0.25) is 11.8 Å². The fraction of sp³-hybridized carbons (Fsp3) is 0.700. The standard InChI is InChI=1S/C30H51N3O3S/c1-5-8-9-10-11-12-13-14-15-17-20-25(23-27(34)32-36)29(35)31-28(24(4)6-2)30(37)33(7-3)26-21-18-16-19-22-26/h16,18-19,21-22,24-25,28,36H,5-15,17,20,23H2,1-4H3,(H,31,35)(H,32,34). The number of likely N-dealkylation sites (N-methyl/N-ethyl adjacent to an activating group) is 1. The van der Waals surface area contributed by atoms with Gasteiger partial charge in [0.15, 0.2) is 0 Å². The van der Waals surface area contributed by atoms with E-state index in [-0.39, 0.29) is 24.3 Å². The first-order valence-corrected chi connectivity index (χ1v) is 14.9. The molecule has 0 aromatic heterocycles. The van der Waals surface area contributed by atoms with Gasteiger partial charge in [-0.2, -0.15) is 0 Å². The van der Waals surface area contributed by atoms with Gasteiger partial charge in [0, 0.05) is 24.6 Å². The predicted molar refractivity (Wildman–Crippen MR) is 158 cm³/mol. The molecule has 0 saturated carbocycles. The Balaban J connectivity index is 2.74. The minimum atomic E-state index is -0.533. The van der Waals surface area contributed by atoms with Crippen LogP contribution in [0.1, 0.15) is 111 Å². The van der Waals surface area contributed by atoms with Gasteiger partial charge in [-0.15, -0.1) is 0 Å². The third kappa shape index (κ3) is 12.9. The van der Waals surface area contributed by atoms with E-state index in [4.69, 9.17) is 17.4 Å². The molecule has 1 rings (SSSR count). The van der Waals surface area contributed by atoms with Crippen LogP contribution in [0.3, 0.4) is 0 Å². The summed E-state index contributed by atoms with van der Waals surface area (Å²) < 4.78 is 0. The van der Waals surface area contributed by atoms with Crippen LogP contribution in [0.4, 0.5) is 5.69 Å². The highest BCUT2D eigenvalue weighted by Gasteiger charge is 2.30. The highest BCUT2D eigenvalue weighted by atomic mass is 32.1. The molecular formula is C30H51N3O3S. The Labute approximate surface area is 230 Å². The third-order valence-corrected chi connectivity index (χ3v) is 7.73. The number of nitrogens with one attached hydrogen (secondary N) is 2. The molecule has 210 valence electrons. The van der Waals surface area contributed by atoms with Crippen molar-refractivity contribution < 1.29 is 14.8 Å². The van der Waals surface area contributed by atoms with E-state index < -0.39 is 11.8 Å². The van der Waals surface area contributed by atoms with Crippen molar-refractivity contribution >= 4 is 34.7 Å². The zero-order valence-electron chi connectivity index (χ0n) is 23.6. The van der Waals surface area contributed by atoms with Gasteiger partial charge in [-0.3, -0.25) is 14.8 Å². The second-order valence-corrected chi connectivity index (χ2v) is 10.6. The number of anilines is 1. The molecule has 3 N–H and O–H groups in total. The maximum atomic E-state index is 13.4. The van der Waals surface area contributed by atoms with Crippen molar-refractivity contribution in [2.75, 3.05) is 11.4 Å². The summed E-state index contributed by atoms with van der Waals surface area (Å²) in [6.07, 6.45) is 13.6. The van der Waals surface area contributed by atoms with Crippen LogP contribution in [0.2, 0.25) is 0 Å². The number of nitrogens with zero attached hydrogens (tertiary/aromatic N) is 1. The molecule has 3 unspecified atom stereocenters. The quantitative estimate of drug-likeness (QED) is 0.0715. The summed E-state index contributed by atoms with van der Waals surface area (Å²) in [6.45, 7) is 9.16. The molecule has 0 saturated heterocycles. The van der Waals surface area contributed by atoms with E-state index in [2.05, 4.69) is 31.0 Å². The molecule has 0 heterocycles. The van der Waals surface area contributed by atoms with Crippen LogP contribution in [-0.2, 0) is 9.59 Å². The summed E-state index contributed by atoms with van der Waals surface area (Å²) in [5, 5.41) is 12.3. The van der Waals surface area contributed by atoms with E-state index >= 15 is 0 Å². The number of hydroxylamine groups is 1. The van der Waals surface area contributed by atoms with Gasteiger partial charge in [0.25, 0.3) is 0 Å². The van der Waals surface area contributed by atoms with E-state index in [9.17, 15) is 9.59 Å². The SMILES string of the molecule is CCCCCCCCCCCCC(CC(=O)NO)C(=O)NC(C(=S)N(CC)c1ccccc1)C(C)CC. The van der Waals surface area contributed by atoms with Gasteiger partial charge in [-0.1, -0.05) is 122 Å². The smallest absolute Gasteiger partial charge is 0.244 e. The normalized spacial score (nSPS) is 13.4. The Hall–Kier alpha value is -1.99. The fourth-order valence-corrected chi connectivity index (χ4v) is 5.19. The Morgan fingerprint density at radius 3 is 2.00 bits per heavy atom. The maximum absolute atomic E-state index is 13.4. The summed E-state index contributed by atoms with van der Waals surface area (Å²) in [6, 6.07) is 9.65. The van der Waals surface area contributed by atoms with Crippen LogP contribution in [0.5, 0.6) is 0 Å². The highest BCUT2D eigenvalue weighted by Crippen LogP contribution is 2.22. The zero-order chi connectivity index (χ0) is 27.5. The lowest BCUT2D eigenvalue weighted by atomic mass is 9.93. The average molecular weight is 534 g/mol. The van der Waals surface area contributed by atoms with Crippen molar-refractivity contribution in [1.82, 2.24) is 10.8 Å². The summed E-state index contributed by atoms with van der Waals surface area (Å²) in [4.78, 5) is 28.1.